The predicted molar refractivity (Wildman–Crippen MR) is 58.9 cm³/mol. The first-order chi connectivity index (χ1) is 7.24. The fourth-order valence-electron chi connectivity index (χ4n) is 2.20. The van der Waals surface area contributed by atoms with E-state index < -0.39 is 0 Å². The highest BCUT2D eigenvalue weighted by Crippen LogP contribution is 2.23. The van der Waals surface area contributed by atoms with Crippen molar-refractivity contribution in [3.63, 3.8) is 0 Å². The average Bonchev–Trinajstić information content (AvgIpc) is 2.81. The summed E-state index contributed by atoms with van der Waals surface area (Å²) in [4.78, 5) is 0. The van der Waals surface area contributed by atoms with Gasteiger partial charge in [-0.1, -0.05) is 0 Å². The maximum atomic E-state index is 5.40. The number of aromatic nitrogens is 2. The molecule has 0 radical (unpaired) electrons. The minimum Gasteiger partial charge on any atom is -0.379 e. The molecule has 1 saturated heterocycles. The Balaban J connectivity index is 2.27. The van der Waals surface area contributed by atoms with Crippen LogP contribution in [0.2, 0.25) is 0 Å². The van der Waals surface area contributed by atoms with Crippen LogP contribution in [0.25, 0.3) is 0 Å². The summed E-state index contributed by atoms with van der Waals surface area (Å²) < 4.78 is 7.53. The zero-order valence-electron chi connectivity index (χ0n) is 9.71. The fourth-order valence-corrected chi connectivity index (χ4v) is 2.20. The van der Waals surface area contributed by atoms with Crippen LogP contribution in [0.15, 0.2) is 0 Å². The Morgan fingerprint density at radius 1 is 1.53 bits per heavy atom. The quantitative estimate of drug-likeness (QED) is 0.812. The highest BCUT2D eigenvalue weighted by atomic mass is 16.5. The molecule has 0 aliphatic carbocycles. The molecule has 1 unspecified atom stereocenters. The summed E-state index contributed by atoms with van der Waals surface area (Å²) in [5, 5.41) is 7.79. The Labute approximate surface area is 90.6 Å². The van der Waals surface area contributed by atoms with Gasteiger partial charge in [0.1, 0.15) is 0 Å². The minimum atomic E-state index is 0.439. The van der Waals surface area contributed by atoms with Gasteiger partial charge in [0, 0.05) is 24.4 Å². The zero-order chi connectivity index (χ0) is 10.8. The van der Waals surface area contributed by atoms with E-state index in [1.54, 1.807) is 0 Å². The van der Waals surface area contributed by atoms with Gasteiger partial charge >= 0.3 is 0 Å². The average molecular weight is 209 g/mol. The number of nitrogens with zero attached hydrogens (tertiary/aromatic N) is 2. The third-order valence-corrected chi connectivity index (χ3v) is 3.08. The normalized spacial score (nSPS) is 21.1. The van der Waals surface area contributed by atoms with Crippen LogP contribution in [0.4, 0.5) is 0 Å². The molecule has 15 heavy (non-hydrogen) atoms. The van der Waals surface area contributed by atoms with Crippen LogP contribution < -0.4 is 5.32 Å². The first kappa shape index (κ1) is 10.6. The standard InChI is InChI=1S/C11H19N3O/c1-8-11(6-12-3)9(2)14(13-8)10-4-5-15-7-10/h10,12H,4-7H2,1-3H3. The molecule has 1 atom stereocenters. The lowest BCUT2D eigenvalue weighted by Gasteiger charge is -2.11. The first-order valence-electron chi connectivity index (χ1n) is 5.51. The molecule has 0 bridgehead atoms. The van der Waals surface area contributed by atoms with E-state index in [2.05, 4.69) is 28.9 Å². The maximum absolute atomic E-state index is 5.40. The Morgan fingerprint density at radius 2 is 2.33 bits per heavy atom. The number of aryl methyl sites for hydroxylation is 1. The van der Waals surface area contributed by atoms with E-state index in [4.69, 9.17) is 4.74 Å². The lowest BCUT2D eigenvalue weighted by atomic mass is 10.2. The summed E-state index contributed by atoms with van der Waals surface area (Å²) in [6, 6.07) is 0.439. The van der Waals surface area contributed by atoms with Crippen molar-refractivity contribution in [3.8, 4) is 0 Å². The maximum Gasteiger partial charge on any atom is 0.0777 e. The summed E-state index contributed by atoms with van der Waals surface area (Å²) in [6.45, 7) is 6.79. The second kappa shape index (κ2) is 4.33. The Kier molecular flexibility index (Phi) is 3.07. The van der Waals surface area contributed by atoms with Crippen molar-refractivity contribution in [1.29, 1.82) is 0 Å². The van der Waals surface area contributed by atoms with Gasteiger partial charge < -0.3 is 10.1 Å². The van der Waals surface area contributed by atoms with Crippen LogP contribution in [0.1, 0.15) is 29.4 Å². The molecule has 1 aliphatic heterocycles. The molecular formula is C11H19N3O. The molecule has 2 rings (SSSR count). The summed E-state index contributed by atoms with van der Waals surface area (Å²) in [6.07, 6.45) is 1.08. The molecule has 4 heteroatoms. The van der Waals surface area contributed by atoms with Gasteiger partial charge in [-0.25, -0.2) is 0 Å². The lowest BCUT2D eigenvalue weighted by Crippen LogP contribution is -2.13. The Bertz CT molecular complexity index is 340. The Morgan fingerprint density at radius 3 is 2.93 bits per heavy atom. The molecule has 1 fully saturated rings. The van der Waals surface area contributed by atoms with Gasteiger partial charge in [-0.05, 0) is 27.3 Å². The van der Waals surface area contributed by atoms with E-state index in [1.807, 2.05) is 7.05 Å². The zero-order valence-corrected chi connectivity index (χ0v) is 9.71. The molecule has 0 amide bonds. The van der Waals surface area contributed by atoms with Gasteiger partial charge in [0.15, 0.2) is 0 Å². The van der Waals surface area contributed by atoms with Gasteiger partial charge in [0.25, 0.3) is 0 Å². The lowest BCUT2D eigenvalue weighted by molar-refractivity contribution is 0.184. The van der Waals surface area contributed by atoms with Crippen LogP contribution in [0.5, 0.6) is 0 Å². The van der Waals surface area contributed by atoms with Crippen molar-refractivity contribution in [2.75, 3.05) is 20.3 Å². The number of hydrogen-bond acceptors (Lipinski definition) is 3. The van der Waals surface area contributed by atoms with Crippen LogP contribution in [0, 0.1) is 13.8 Å². The van der Waals surface area contributed by atoms with E-state index in [-0.39, 0.29) is 0 Å². The van der Waals surface area contributed by atoms with E-state index in [0.29, 0.717) is 6.04 Å². The van der Waals surface area contributed by atoms with Crippen molar-refractivity contribution in [2.24, 2.45) is 0 Å². The van der Waals surface area contributed by atoms with Gasteiger partial charge in [-0.15, -0.1) is 0 Å². The molecule has 0 saturated carbocycles. The van der Waals surface area contributed by atoms with E-state index >= 15 is 0 Å². The molecule has 0 aromatic carbocycles. The third kappa shape index (κ3) is 1.92. The minimum absolute atomic E-state index is 0.439. The van der Waals surface area contributed by atoms with E-state index in [9.17, 15) is 0 Å². The second-order valence-corrected chi connectivity index (χ2v) is 4.14. The molecule has 84 valence electrons. The summed E-state index contributed by atoms with van der Waals surface area (Å²) in [7, 11) is 1.97. The van der Waals surface area contributed by atoms with Crippen molar-refractivity contribution < 1.29 is 4.74 Å². The summed E-state index contributed by atoms with van der Waals surface area (Å²) >= 11 is 0. The molecular weight excluding hydrogens is 190 g/mol. The van der Waals surface area contributed by atoms with Crippen LogP contribution in [-0.2, 0) is 11.3 Å². The molecule has 1 aromatic heterocycles. The molecule has 0 spiro atoms. The van der Waals surface area contributed by atoms with Crippen LogP contribution >= 0.6 is 0 Å². The molecule has 1 N–H and O–H groups in total. The van der Waals surface area contributed by atoms with Crippen molar-refractivity contribution in [3.05, 3.63) is 17.0 Å². The summed E-state index contributed by atoms with van der Waals surface area (Å²) in [5.41, 5.74) is 3.73. The van der Waals surface area contributed by atoms with Crippen molar-refractivity contribution in [1.82, 2.24) is 15.1 Å². The van der Waals surface area contributed by atoms with E-state index in [0.717, 1.165) is 31.9 Å². The largest absolute Gasteiger partial charge is 0.379 e. The number of nitrogens with one attached hydrogen (secondary N) is 1. The SMILES string of the molecule is CNCc1c(C)nn(C2CCOC2)c1C. The number of ether oxygens (including phenoxy) is 1. The Hall–Kier alpha value is -0.870. The van der Waals surface area contributed by atoms with Gasteiger partial charge in [-0.3, -0.25) is 4.68 Å². The monoisotopic (exact) mass is 209 g/mol. The van der Waals surface area contributed by atoms with Crippen LogP contribution in [-0.4, -0.2) is 30.0 Å². The second-order valence-electron chi connectivity index (χ2n) is 4.14. The van der Waals surface area contributed by atoms with Crippen LogP contribution in [0.3, 0.4) is 0 Å². The highest BCUT2D eigenvalue weighted by Gasteiger charge is 2.22. The molecule has 1 aliphatic rings. The molecule has 1 aromatic rings. The summed E-state index contributed by atoms with van der Waals surface area (Å²) in [5.74, 6) is 0. The number of rotatable bonds is 3. The first-order valence-corrected chi connectivity index (χ1v) is 5.51. The van der Waals surface area contributed by atoms with Gasteiger partial charge in [-0.2, -0.15) is 5.10 Å². The molecule has 4 nitrogen and oxygen atoms in total. The predicted octanol–water partition coefficient (Wildman–Crippen LogP) is 1.18. The highest BCUT2D eigenvalue weighted by molar-refractivity contribution is 5.24. The fraction of sp³-hybridized carbons (Fsp3) is 0.727. The topological polar surface area (TPSA) is 39.1 Å². The van der Waals surface area contributed by atoms with Crippen molar-refractivity contribution >= 4 is 0 Å². The van der Waals surface area contributed by atoms with Gasteiger partial charge in [0.05, 0.1) is 18.3 Å². The van der Waals surface area contributed by atoms with Gasteiger partial charge in [0.2, 0.25) is 0 Å². The molecule has 2 heterocycles. The number of hydrogen-bond donors (Lipinski definition) is 1. The van der Waals surface area contributed by atoms with E-state index in [1.165, 1.54) is 11.3 Å². The van der Waals surface area contributed by atoms with Crippen molar-refractivity contribution in [2.45, 2.75) is 32.9 Å². The smallest absolute Gasteiger partial charge is 0.0777 e. The third-order valence-electron chi connectivity index (χ3n) is 3.08.